The number of fused-ring (bicyclic) bond motifs is 1. The first-order chi connectivity index (χ1) is 7.59. The number of hydrogen-bond acceptors (Lipinski definition) is 1. The first kappa shape index (κ1) is 10.7. The number of aromatic amines is 1. The van der Waals surface area contributed by atoms with Gasteiger partial charge in [-0.2, -0.15) is 0 Å². The summed E-state index contributed by atoms with van der Waals surface area (Å²) >= 11 is 0. The lowest BCUT2D eigenvalue weighted by Gasteiger charge is -2.20. The van der Waals surface area contributed by atoms with E-state index in [0.717, 1.165) is 10.9 Å². The van der Waals surface area contributed by atoms with Gasteiger partial charge in [0.1, 0.15) is 5.69 Å². The Morgan fingerprint density at radius 1 is 1.31 bits per heavy atom. The highest BCUT2D eigenvalue weighted by molar-refractivity contribution is 5.97. The van der Waals surface area contributed by atoms with Gasteiger partial charge in [0, 0.05) is 24.0 Å². The second-order valence-electron chi connectivity index (χ2n) is 4.28. The van der Waals surface area contributed by atoms with Crippen LogP contribution in [0.15, 0.2) is 30.3 Å². The van der Waals surface area contributed by atoms with E-state index in [-0.39, 0.29) is 11.9 Å². The maximum absolute atomic E-state index is 12.1. The summed E-state index contributed by atoms with van der Waals surface area (Å²) in [4.78, 5) is 16.9. The normalized spacial score (nSPS) is 11.0. The molecule has 0 radical (unpaired) electrons. The zero-order chi connectivity index (χ0) is 11.7. The van der Waals surface area contributed by atoms with Gasteiger partial charge in [-0.25, -0.2) is 0 Å². The molecule has 0 bridgehead atoms. The van der Waals surface area contributed by atoms with Crippen LogP contribution in [0, 0.1) is 0 Å². The van der Waals surface area contributed by atoms with Crippen LogP contribution in [0.25, 0.3) is 10.9 Å². The molecule has 0 unspecified atom stereocenters. The minimum atomic E-state index is 0.0335. The molecule has 2 aromatic rings. The Morgan fingerprint density at radius 3 is 2.62 bits per heavy atom. The molecule has 0 spiro atoms. The van der Waals surface area contributed by atoms with Crippen molar-refractivity contribution in [1.82, 2.24) is 9.88 Å². The molecule has 2 rings (SSSR count). The van der Waals surface area contributed by atoms with Crippen LogP contribution < -0.4 is 0 Å². The van der Waals surface area contributed by atoms with E-state index in [1.165, 1.54) is 0 Å². The summed E-state index contributed by atoms with van der Waals surface area (Å²) < 4.78 is 0. The summed E-state index contributed by atoms with van der Waals surface area (Å²) in [5.74, 6) is 0.0335. The van der Waals surface area contributed by atoms with Gasteiger partial charge in [-0.1, -0.05) is 18.2 Å². The predicted molar refractivity (Wildman–Crippen MR) is 65.5 cm³/mol. The average molecular weight is 216 g/mol. The lowest BCUT2D eigenvalue weighted by Crippen LogP contribution is -2.33. The highest BCUT2D eigenvalue weighted by Gasteiger charge is 2.16. The van der Waals surface area contributed by atoms with Crippen molar-refractivity contribution in [3.63, 3.8) is 0 Å². The van der Waals surface area contributed by atoms with Gasteiger partial charge in [-0.15, -0.1) is 0 Å². The topological polar surface area (TPSA) is 36.1 Å². The van der Waals surface area contributed by atoms with Gasteiger partial charge in [0.25, 0.3) is 5.91 Å². The van der Waals surface area contributed by atoms with Crippen LogP contribution in [0.1, 0.15) is 24.3 Å². The van der Waals surface area contributed by atoms with Gasteiger partial charge in [0.05, 0.1) is 0 Å². The number of aromatic nitrogens is 1. The van der Waals surface area contributed by atoms with Gasteiger partial charge >= 0.3 is 0 Å². The third-order valence-electron chi connectivity index (χ3n) is 2.86. The molecule has 0 saturated heterocycles. The lowest BCUT2D eigenvalue weighted by atomic mass is 10.2. The number of H-pyrrole nitrogens is 1. The number of carbonyl (C=O) groups excluding carboxylic acids is 1. The largest absolute Gasteiger partial charge is 0.351 e. The Labute approximate surface area is 95.1 Å². The van der Waals surface area contributed by atoms with Crippen LogP contribution in [0.2, 0.25) is 0 Å². The second kappa shape index (κ2) is 4.00. The summed E-state index contributed by atoms with van der Waals surface area (Å²) in [6.07, 6.45) is 0. The Balaban J connectivity index is 2.37. The van der Waals surface area contributed by atoms with Crippen molar-refractivity contribution in [1.29, 1.82) is 0 Å². The Bertz CT molecular complexity index is 480. The highest BCUT2D eigenvalue weighted by Crippen LogP contribution is 2.16. The lowest BCUT2D eigenvalue weighted by molar-refractivity contribution is 0.0750. The molecule has 3 heteroatoms. The van der Waals surface area contributed by atoms with Gasteiger partial charge in [0.15, 0.2) is 0 Å². The van der Waals surface area contributed by atoms with E-state index in [2.05, 4.69) is 4.98 Å². The quantitative estimate of drug-likeness (QED) is 0.823. The van der Waals surface area contributed by atoms with E-state index in [1.54, 1.807) is 4.90 Å². The highest BCUT2D eigenvalue weighted by atomic mass is 16.2. The van der Waals surface area contributed by atoms with Crippen molar-refractivity contribution >= 4 is 16.8 Å². The smallest absolute Gasteiger partial charge is 0.270 e. The minimum absolute atomic E-state index is 0.0335. The van der Waals surface area contributed by atoms with Gasteiger partial charge < -0.3 is 9.88 Å². The number of benzene rings is 1. The van der Waals surface area contributed by atoms with E-state index in [1.807, 2.05) is 51.2 Å². The Hall–Kier alpha value is -1.77. The van der Waals surface area contributed by atoms with Crippen LogP contribution in [-0.2, 0) is 0 Å². The maximum atomic E-state index is 12.1. The summed E-state index contributed by atoms with van der Waals surface area (Å²) in [5, 5.41) is 1.07. The number of rotatable bonds is 2. The SMILES string of the molecule is CC(C)N(C)C(=O)c1cc2ccccc2[nH]1. The maximum Gasteiger partial charge on any atom is 0.270 e. The van der Waals surface area contributed by atoms with Crippen molar-refractivity contribution < 1.29 is 4.79 Å². The molecule has 1 amide bonds. The fourth-order valence-corrected chi connectivity index (χ4v) is 1.61. The molecule has 0 aliphatic heterocycles. The van der Waals surface area contributed by atoms with Crippen LogP contribution in [0.3, 0.4) is 0 Å². The fraction of sp³-hybridized carbons (Fsp3) is 0.308. The molecule has 1 aromatic heterocycles. The third-order valence-corrected chi connectivity index (χ3v) is 2.86. The number of para-hydroxylation sites is 1. The molecule has 0 atom stereocenters. The second-order valence-corrected chi connectivity index (χ2v) is 4.28. The molecule has 16 heavy (non-hydrogen) atoms. The number of carbonyl (C=O) groups is 1. The molecule has 0 aliphatic carbocycles. The van der Waals surface area contributed by atoms with Crippen molar-refractivity contribution in [3.05, 3.63) is 36.0 Å². The van der Waals surface area contributed by atoms with Crippen molar-refractivity contribution in [2.45, 2.75) is 19.9 Å². The minimum Gasteiger partial charge on any atom is -0.351 e. The molecule has 84 valence electrons. The molecular weight excluding hydrogens is 200 g/mol. The van der Waals surface area contributed by atoms with E-state index in [0.29, 0.717) is 5.69 Å². The van der Waals surface area contributed by atoms with Gasteiger partial charge in [-0.3, -0.25) is 4.79 Å². The van der Waals surface area contributed by atoms with Crippen molar-refractivity contribution in [2.24, 2.45) is 0 Å². The summed E-state index contributed by atoms with van der Waals surface area (Å²) in [5.41, 5.74) is 1.65. The van der Waals surface area contributed by atoms with E-state index in [4.69, 9.17) is 0 Å². The van der Waals surface area contributed by atoms with Gasteiger partial charge in [0.2, 0.25) is 0 Å². The summed E-state index contributed by atoms with van der Waals surface area (Å²) in [6.45, 7) is 4.00. The fourth-order valence-electron chi connectivity index (χ4n) is 1.61. The molecule has 0 aliphatic rings. The number of nitrogens with zero attached hydrogens (tertiary/aromatic N) is 1. The van der Waals surface area contributed by atoms with Crippen LogP contribution in [-0.4, -0.2) is 28.9 Å². The zero-order valence-corrected chi connectivity index (χ0v) is 9.82. The molecule has 3 nitrogen and oxygen atoms in total. The summed E-state index contributed by atoms with van der Waals surface area (Å²) in [6, 6.07) is 10.0. The molecule has 1 heterocycles. The van der Waals surface area contributed by atoms with E-state index < -0.39 is 0 Å². The van der Waals surface area contributed by atoms with E-state index >= 15 is 0 Å². The van der Waals surface area contributed by atoms with Gasteiger partial charge in [-0.05, 0) is 26.0 Å². The standard InChI is InChI=1S/C13H16N2O/c1-9(2)15(3)13(16)12-8-10-6-4-5-7-11(10)14-12/h4-9,14H,1-3H3. The third kappa shape index (κ3) is 1.81. The molecule has 1 N–H and O–H groups in total. The number of nitrogens with one attached hydrogen (secondary N) is 1. The molecule has 0 fully saturated rings. The Morgan fingerprint density at radius 2 is 2.00 bits per heavy atom. The summed E-state index contributed by atoms with van der Waals surface area (Å²) in [7, 11) is 1.82. The molecule has 0 saturated carbocycles. The Kier molecular flexibility index (Phi) is 2.69. The molecule has 1 aromatic carbocycles. The van der Waals surface area contributed by atoms with Crippen molar-refractivity contribution in [2.75, 3.05) is 7.05 Å². The van der Waals surface area contributed by atoms with Crippen LogP contribution >= 0.6 is 0 Å². The van der Waals surface area contributed by atoms with Crippen LogP contribution in [0.4, 0.5) is 0 Å². The van der Waals surface area contributed by atoms with Crippen LogP contribution in [0.5, 0.6) is 0 Å². The number of amides is 1. The first-order valence-corrected chi connectivity index (χ1v) is 5.44. The average Bonchev–Trinajstić information content (AvgIpc) is 2.70. The first-order valence-electron chi connectivity index (χ1n) is 5.44. The molecular formula is C13H16N2O. The predicted octanol–water partition coefficient (Wildman–Crippen LogP) is 2.65. The monoisotopic (exact) mass is 216 g/mol. The van der Waals surface area contributed by atoms with E-state index in [9.17, 15) is 4.79 Å². The number of hydrogen-bond donors (Lipinski definition) is 1. The van der Waals surface area contributed by atoms with Crippen molar-refractivity contribution in [3.8, 4) is 0 Å². The zero-order valence-electron chi connectivity index (χ0n) is 9.82.